The molecule has 5 heteroatoms. The van der Waals surface area contributed by atoms with Crippen molar-refractivity contribution >= 4 is 11.7 Å². The molecule has 5 nitrogen and oxygen atoms in total. The Balaban J connectivity index is 2.85. The first kappa shape index (κ1) is 11.5. The second kappa shape index (κ2) is 5.31. The molecule has 1 aromatic rings. The Morgan fingerprint density at radius 2 is 2.33 bits per heavy atom. The summed E-state index contributed by atoms with van der Waals surface area (Å²) in [7, 11) is 0. The minimum Gasteiger partial charge on any atom is -0.368 e. The van der Waals surface area contributed by atoms with Crippen LogP contribution in [0.1, 0.15) is 12.5 Å². The smallest absolute Gasteiger partial charge is 0.236 e. The molecule has 4 N–H and O–H groups in total. The molecule has 0 aromatic carbocycles. The summed E-state index contributed by atoms with van der Waals surface area (Å²) < 4.78 is 0. The van der Waals surface area contributed by atoms with Crippen molar-refractivity contribution < 1.29 is 4.79 Å². The lowest BCUT2D eigenvalue weighted by atomic mass is 10.2. The van der Waals surface area contributed by atoms with E-state index in [1.54, 1.807) is 6.20 Å². The van der Waals surface area contributed by atoms with Crippen LogP contribution in [0, 0.1) is 0 Å². The average Bonchev–Trinajstić information content (AvgIpc) is 2.25. The number of hydrogen-bond acceptors (Lipinski definition) is 4. The van der Waals surface area contributed by atoms with Gasteiger partial charge in [0.2, 0.25) is 5.91 Å². The quantitative estimate of drug-likeness (QED) is 0.704. The van der Waals surface area contributed by atoms with Gasteiger partial charge in [-0.15, -0.1) is 0 Å². The van der Waals surface area contributed by atoms with E-state index < -0.39 is 0 Å². The van der Waals surface area contributed by atoms with Crippen molar-refractivity contribution in [3.05, 3.63) is 23.9 Å². The highest BCUT2D eigenvalue weighted by molar-refractivity contribution is 5.79. The van der Waals surface area contributed by atoms with E-state index in [1.165, 1.54) is 0 Å². The number of hydrogen-bond donors (Lipinski definition) is 2. The molecule has 1 rings (SSSR count). The molecule has 0 unspecified atom stereocenters. The maximum Gasteiger partial charge on any atom is 0.236 e. The third kappa shape index (κ3) is 3.21. The molecule has 1 heterocycles. The van der Waals surface area contributed by atoms with Gasteiger partial charge in [-0.1, -0.05) is 0 Å². The topological polar surface area (TPSA) is 85.2 Å². The van der Waals surface area contributed by atoms with Crippen LogP contribution in [-0.4, -0.2) is 24.0 Å². The van der Waals surface area contributed by atoms with Crippen molar-refractivity contribution in [1.82, 2.24) is 4.98 Å². The zero-order valence-electron chi connectivity index (χ0n) is 8.81. The molecule has 0 aliphatic carbocycles. The number of pyridine rings is 1. The highest BCUT2D eigenvalue weighted by Crippen LogP contribution is 2.11. The predicted octanol–water partition coefficient (Wildman–Crippen LogP) is -0.148. The molecule has 0 fully saturated rings. The standard InChI is InChI=1S/C10H16N4O/c1-2-14(7-9(12)15)10-5-8(6-11)3-4-13-10/h3-5H,2,6-7,11H2,1H3,(H2,12,15). The summed E-state index contributed by atoms with van der Waals surface area (Å²) in [5.74, 6) is 0.371. The Bertz CT molecular complexity index is 340. The van der Waals surface area contributed by atoms with Gasteiger partial charge in [-0.3, -0.25) is 4.79 Å². The van der Waals surface area contributed by atoms with Crippen LogP contribution in [0.25, 0.3) is 0 Å². The Morgan fingerprint density at radius 1 is 1.60 bits per heavy atom. The van der Waals surface area contributed by atoms with Gasteiger partial charge in [0, 0.05) is 19.3 Å². The first-order chi connectivity index (χ1) is 7.17. The fourth-order valence-corrected chi connectivity index (χ4v) is 1.30. The number of anilines is 1. The molecule has 0 aliphatic heterocycles. The Hall–Kier alpha value is -1.62. The van der Waals surface area contributed by atoms with Crippen LogP contribution >= 0.6 is 0 Å². The van der Waals surface area contributed by atoms with Crippen molar-refractivity contribution in [2.24, 2.45) is 11.5 Å². The lowest BCUT2D eigenvalue weighted by Crippen LogP contribution is -2.34. The molecule has 1 amide bonds. The van der Waals surface area contributed by atoms with Gasteiger partial charge < -0.3 is 16.4 Å². The second-order valence-electron chi connectivity index (χ2n) is 3.21. The Morgan fingerprint density at radius 3 is 2.87 bits per heavy atom. The van der Waals surface area contributed by atoms with Crippen molar-refractivity contribution in [1.29, 1.82) is 0 Å². The first-order valence-corrected chi connectivity index (χ1v) is 4.85. The van der Waals surface area contributed by atoms with Gasteiger partial charge in [-0.25, -0.2) is 4.98 Å². The number of nitrogens with two attached hydrogens (primary N) is 2. The van der Waals surface area contributed by atoms with Gasteiger partial charge in [-0.05, 0) is 24.6 Å². The number of amides is 1. The highest BCUT2D eigenvalue weighted by Gasteiger charge is 2.08. The van der Waals surface area contributed by atoms with E-state index in [9.17, 15) is 4.79 Å². The van der Waals surface area contributed by atoms with Crippen molar-refractivity contribution in [3.63, 3.8) is 0 Å². The lowest BCUT2D eigenvalue weighted by molar-refractivity contribution is -0.116. The molecular formula is C10H16N4O. The van der Waals surface area contributed by atoms with E-state index in [1.807, 2.05) is 24.0 Å². The van der Waals surface area contributed by atoms with Gasteiger partial charge in [0.1, 0.15) is 5.82 Å². The van der Waals surface area contributed by atoms with Crippen LogP contribution < -0.4 is 16.4 Å². The molecule has 0 aliphatic rings. The number of primary amides is 1. The fourth-order valence-electron chi connectivity index (χ4n) is 1.30. The number of likely N-dealkylation sites (N-methyl/N-ethyl adjacent to an activating group) is 1. The van der Waals surface area contributed by atoms with E-state index in [0.717, 1.165) is 11.4 Å². The number of rotatable bonds is 5. The molecule has 0 radical (unpaired) electrons. The van der Waals surface area contributed by atoms with Crippen LogP contribution in [0.15, 0.2) is 18.3 Å². The molecule has 0 spiro atoms. The normalized spacial score (nSPS) is 10.0. The maximum absolute atomic E-state index is 10.8. The number of carbonyl (C=O) groups is 1. The molecule has 0 atom stereocenters. The molecule has 1 aromatic heterocycles. The Kier molecular flexibility index (Phi) is 4.05. The second-order valence-corrected chi connectivity index (χ2v) is 3.21. The summed E-state index contributed by atoms with van der Waals surface area (Å²) in [6.07, 6.45) is 1.68. The highest BCUT2D eigenvalue weighted by atomic mass is 16.1. The molecule has 0 saturated carbocycles. The summed E-state index contributed by atoms with van der Waals surface area (Å²) in [6, 6.07) is 3.72. The van der Waals surface area contributed by atoms with Crippen LogP contribution in [0.5, 0.6) is 0 Å². The molecule has 82 valence electrons. The average molecular weight is 208 g/mol. The van der Waals surface area contributed by atoms with Crippen LogP contribution in [0.2, 0.25) is 0 Å². The molecule has 0 bridgehead atoms. The van der Waals surface area contributed by atoms with Crippen molar-refractivity contribution in [2.75, 3.05) is 18.0 Å². The first-order valence-electron chi connectivity index (χ1n) is 4.85. The molecule has 15 heavy (non-hydrogen) atoms. The Labute approximate surface area is 89.1 Å². The number of nitrogens with zero attached hydrogens (tertiary/aromatic N) is 2. The summed E-state index contributed by atoms with van der Waals surface area (Å²) in [5, 5.41) is 0. The monoisotopic (exact) mass is 208 g/mol. The predicted molar refractivity (Wildman–Crippen MR) is 59.2 cm³/mol. The lowest BCUT2D eigenvalue weighted by Gasteiger charge is -2.20. The largest absolute Gasteiger partial charge is 0.368 e. The molecular weight excluding hydrogens is 192 g/mol. The summed E-state index contributed by atoms with van der Waals surface area (Å²) in [5.41, 5.74) is 11.7. The SMILES string of the molecule is CCN(CC(N)=O)c1cc(CN)ccn1. The minimum atomic E-state index is -0.364. The van der Waals surface area contributed by atoms with Gasteiger partial charge in [-0.2, -0.15) is 0 Å². The summed E-state index contributed by atoms with van der Waals surface area (Å²) >= 11 is 0. The zero-order valence-corrected chi connectivity index (χ0v) is 8.81. The van der Waals surface area contributed by atoms with E-state index in [4.69, 9.17) is 11.5 Å². The summed E-state index contributed by atoms with van der Waals surface area (Å²) in [4.78, 5) is 16.8. The van der Waals surface area contributed by atoms with Gasteiger partial charge in [0.05, 0.1) is 6.54 Å². The van der Waals surface area contributed by atoms with Crippen molar-refractivity contribution in [3.8, 4) is 0 Å². The third-order valence-electron chi connectivity index (χ3n) is 2.10. The van der Waals surface area contributed by atoms with Gasteiger partial charge in [0.15, 0.2) is 0 Å². The number of carbonyl (C=O) groups excluding carboxylic acids is 1. The minimum absolute atomic E-state index is 0.178. The van der Waals surface area contributed by atoms with E-state index in [2.05, 4.69) is 4.98 Å². The van der Waals surface area contributed by atoms with Gasteiger partial charge in [0.25, 0.3) is 0 Å². The maximum atomic E-state index is 10.8. The number of aromatic nitrogens is 1. The van der Waals surface area contributed by atoms with Crippen molar-refractivity contribution in [2.45, 2.75) is 13.5 Å². The van der Waals surface area contributed by atoms with Crippen LogP contribution in [-0.2, 0) is 11.3 Å². The van der Waals surface area contributed by atoms with Crippen LogP contribution in [0.3, 0.4) is 0 Å². The molecule has 0 saturated heterocycles. The zero-order chi connectivity index (χ0) is 11.3. The van der Waals surface area contributed by atoms with Gasteiger partial charge >= 0.3 is 0 Å². The summed E-state index contributed by atoms with van der Waals surface area (Å²) in [6.45, 7) is 3.27. The van der Waals surface area contributed by atoms with E-state index in [0.29, 0.717) is 13.1 Å². The van der Waals surface area contributed by atoms with E-state index >= 15 is 0 Å². The van der Waals surface area contributed by atoms with E-state index in [-0.39, 0.29) is 12.5 Å². The third-order valence-corrected chi connectivity index (χ3v) is 2.10. The fraction of sp³-hybridized carbons (Fsp3) is 0.400. The van der Waals surface area contributed by atoms with Crippen LogP contribution in [0.4, 0.5) is 5.82 Å².